The summed E-state index contributed by atoms with van der Waals surface area (Å²) >= 11 is 0. The van der Waals surface area contributed by atoms with Crippen molar-refractivity contribution < 1.29 is 0 Å². The molecule has 1 aromatic heterocycles. The average molecular weight is 172 g/mol. The van der Waals surface area contributed by atoms with Gasteiger partial charge in [-0.3, -0.25) is 0 Å². The van der Waals surface area contributed by atoms with Gasteiger partial charge in [0.1, 0.15) is 6.33 Å². The van der Waals surface area contributed by atoms with Crippen molar-refractivity contribution in [3.05, 3.63) is 36.8 Å². The third-order valence-electron chi connectivity index (χ3n) is 1.68. The first kappa shape index (κ1) is 7.67. The molecule has 0 amide bonds. The third-order valence-corrected chi connectivity index (χ3v) is 1.68. The van der Waals surface area contributed by atoms with Gasteiger partial charge in [0.15, 0.2) is 0 Å². The first-order valence-corrected chi connectivity index (χ1v) is 3.85. The van der Waals surface area contributed by atoms with Gasteiger partial charge in [0, 0.05) is 11.3 Å². The summed E-state index contributed by atoms with van der Waals surface area (Å²) in [6.07, 6.45) is 3.02. The molecule has 0 radical (unpaired) electrons. The van der Waals surface area contributed by atoms with E-state index in [1.165, 1.54) is 6.33 Å². The largest absolute Gasteiger partial charge is 0.399 e. The van der Waals surface area contributed by atoms with Crippen molar-refractivity contribution in [3.8, 4) is 11.3 Å². The minimum Gasteiger partial charge on any atom is -0.399 e. The van der Waals surface area contributed by atoms with Crippen LogP contribution < -0.4 is 5.73 Å². The van der Waals surface area contributed by atoms with Gasteiger partial charge < -0.3 is 5.73 Å². The number of nitrogen functional groups attached to an aromatic ring is 1. The number of anilines is 1. The van der Waals surface area contributed by atoms with Crippen molar-refractivity contribution in [2.75, 3.05) is 5.73 Å². The van der Waals surface area contributed by atoms with E-state index in [1.54, 1.807) is 6.20 Å². The van der Waals surface area contributed by atoms with E-state index in [1.807, 2.05) is 24.3 Å². The summed E-state index contributed by atoms with van der Waals surface area (Å²) in [5.74, 6) is 0. The van der Waals surface area contributed by atoms with Crippen molar-refractivity contribution in [1.29, 1.82) is 0 Å². The molecule has 0 saturated carbocycles. The van der Waals surface area contributed by atoms with Crippen molar-refractivity contribution in [2.45, 2.75) is 0 Å². The summed E-state index contributed by atoms with van der Waals surface area (Å²) < 4.78 is 0. The number of nitrogens with two attached hydrogens (primary N) is 1. The normalized spacial score (nSPS) is 9.85. The number of nitrogens with zero attached hydrogens (tertiary/aromatic N) is 3. The first-order chi connectivity index (χ1) is 6.36. The van der Waals surface area contributed by atoms with Gasteiger partial charge in [-0.25, -0.2) is 4.98 Å². The molecule has 1 heterocycles. The Morgan fingerprint density at radius 3 is 2.77 bits per heavy atom. The molecule has 2 rings (SSSR count). The second kappa shape index (κ2) is 3.18. The molecule has 4 nitrogen and oxygen atoms in total. The molecule has 0 fully saturated rings. The topological polar surface area (TPSA) is 64.7 Å². The van der Waals surface area contributed by atoms with E-state index in [0.717, 1.165) is 16.9 Å². The highest BCUT2D eigenvalue weighted by Crippen LogP contribution is 2.17. The van der Waals surface area contributed by atoms with Crippen LogP contribution in [0.5, 0.6) is 0 Å². The van der Waals surface area contributed by atoms with E-state index in [4.69, 9.17) is 5.73 Å². The maximum Gasteiger partial charge on any atom is 0.138 e. The van der Waals surface area contributed by atoms with Gasteiger partial charge in [-0.15, -0.1) is 5.10 Å². The molecule has 2 N–H and O–H groups in total. The average Bonchev–Trinajstić information content (AvgIpc) is 2.19. The molecular weight excluding hydrogens is 164 g/mol. The number of hydrogen-bond acceptors (Lipinski definition) is 4. The quantitative estimate of drug-likeness (QED) is 0.654. The first-order valence-electron chi connectivity index (χ1n) is 3.85. The molecule has 0 aliphatic heterocycles. The summed E-state index contributed by atoms with van der Waals surface area (Å²) in [5.41, 5.74) is 8.08. The summed E-state index contributed by atoms with van der Waals surface area (Å²) in [6.45, 7) is 0. The Labute approximate surface area is 75.5 Å². The molecule has 0 aliphatic rings. The smallest absolute Gasteiger partial charge is 0.138 e. The Morgan fingerprint density at radius 1 is 1.15 bits per heavy atom. The van der Waals surface area contributed by atoms with Crippen LogP contribution in [0.4, 0.5) is 5.69 Å². The summed E-state index contributed by atoms with van der Waals surface area (Å²) in [4.78, 5) is 4.06. The minimum atomic E-state index is 0.719. The summed E-state index contributed by atoms with van der Waals surface area (Å²) in [5, 5.41) is 7.34. The van der Waals surface area contributed by atoms with Gasteiger partial charge in [-0.1, -0.05) is 12.1 Å². The predicted octanol–water partition coefficient (Wildman–Crippen LogP) is 1.12. The zero-order valence-corrected chi connectivity index (χ0v) is 6.88. The molecule has 13 heavy (non-hydrogen) atoms. The molecule has 0 bridgehead atoms. The fourth-order valence-electron chi connectivity index (χ4n) is 1.09. The van der Waals surface area contributed by atoms with E-state index in [-0.39, 0.29) is 0 Å². The number of rotatable bonds is 1. The molecule has 2 aromatic rings. The Hall–Kier alpha value is -1.97. The molecule has 1 aromatic carbocycles. The Morgan fingerprint density at radius 2 is 2.08 bits per heavy atom. The molecular formula is C9H8N4. The monoisotopic (exact) mass is 172 g/mol. The Kier molecular flexibility index (Phi) is 1.88. The maximum atomic E-state index is 5.63. The zero-order chi connectivity index (χ0) is 9.10. The molecule has 0 aliphatic carbocycles. The molecule has 0 unspecified atom stereocenters. The maximum absolute atomic E-state index is 5.63. The van der Waals surface area contributed by atoms with Crippen LogP contribution in [0.15, 0.2) is 36.8 Å². The second-order valence-corrected chi connectivity index (χ2v) is 2.62. The Balaban J connectivity index is 2.48. The van der Waals surface area contributed by atoms with Crippen LogP contribution in [0, 0.1) is 0 Å². The summed E-state index contributed by atoms with van der Waals surface area (Å²) in [7, 11) is 0. The standard InChI is InChI=1S/C9H8N4/c10-8-3-1-2-7(4-8)9-5-12-13-6-11-9/h1-6H,10H2. The number of benzene rings is 1. The lowest BCUT2D eigenvalue weighted by atomic mass is 10.1. The lowest BCUT2D eigenvalue weighted by Crippen LogP contribution is -1.89. The third kappa shape index (κ3) is 1.61. The molecule has 0 saturated heterocycles. The molecule has 0 atom stereocenters. The van der Waals surface area contributed by atoms with Gasteiger partial charge in [-0.2, -0.15) is 5.10 Å². The van der Waals surface area contributed by atoms with Crippen LogP contribution in [0.25, 0.3) is 11.3 Å². The van der Waals surface area contributed by atoms with Gasteiger partial charge in [0.05, 0.1) is 11.9 Å². The van der Waals surface area contributed by atoms with Crippen LogP contribution in [0.3, 0.4) is 0 Å². The lowest BCUT2D eigenvalue weighted by Gasteiger charge is -1.99. The van der Waals surface area contributed by atoms with Crippen LogP contribution in [-0.4, -0.2) is 15.2 Å². The van der Waals surface area contributed by atoms with Gasteiger partial charge in [0.25, 0.3) is 0 Å². The minimum absolute atomic E-state index is 0.719. The van der Waals surface area contributed by atoms with Crippen LogP contribution >= 0.6 is 0 Å². The van der Waals surface area contributed by atoms with Crippen molar-refractivity contribution in [2.24, 2.45) is 0 Å². The van der Waals surface area contributed by atoms with E-state index in [0.29, 0.717) is 0 Å². The van der Waals surface area contributed by atoms with E-state index in [2.05, 4.69) is 15.2 Å². The summed E-state index contributed by atoms with van der Waals surface area (Å²) in [6, 6.07) is 7.50. The van der Waals surface area contributed by atoms with E-state index >= 15 is 0 Å². The SMILES string of the molecule is Nc1cccc(-c2cnncn2)c1. The highest BCUT2D eigenvalue weighted by atomic mass is 15.1. The molecule has 4 heteroatoms. The predicted molar refractivity (Wildman–Crippen MR) is 49.7 cm³/mol. The zero-order valence-electron chi connectivity index (χ0n) is 6.88. The van der Waals surface area contributed by atoms with Gasteiger partial charge in [0.2, 0.25) is 0 Å². The lowest BCUT2D eigenvalue weighted by molar-refractivity contribution is 0.974. The van der Waals surface area contributed by atoms with Crippen molar-refractivity contribution in [3.63, 3.8) is 0 Å². The molecule has 64 valence electrons. The number of hydrogen-bond donors (Lipinski definition) is 1. The van der Waals surface area contributed by atoms with Crippen molar-refractivity contribution in [1.82, 2.24) is 15.2 Å². The van der Waals surface area contributed by atoms with E-state index in [9.17, 15) is 0 Å². The highest BCUT2D eigenvalue weighted by Gasteiger charge is 1.97. The molecule has 0 spiro atoms. The fourth-order valence-corrected chi connectivity index (χ4v) is 1.09. The van der Waals surface area contributed by atoms with Gasteiger partial charge >= 0.3 is 0 Å². The highest BCUT2D eigenvalue weighted by molar-refractivity contribution is 5.62. The van der Waals surface area contributed by atoms with Gasteiger partial charge in [-0.05, 0) is 12.1 Å². The number of aromatic nitrogens is 3. The van der Waals surface area contributed by atoms with Crippen molar-refractivity contribution >= 4 is 5.69 Å². The second-order valence-electron chi connectivity index (χ2n) is 2.62. The van der Waals surface area contributed by atoms with Crippen LogP contribution in [-0.2, 0) is 0 Å². The van der Waals surface area contributed by atoms with Crippen LogP contribution in [0.2, 0.25) is 0 Å². The van der Waals surface area contributed by atoms with E-state index < -0.39 is 0 Å². The fraction of sp³-hybridized carbons (Fsp3) is 0. The Bertz CT molecular complexity index is 399. The van der Waals surface area contributed by atoms with Crippen LogP contribution in [0.1, 0.15) is 0 Å².